The van der Waals surface area contributed by atoms with E-state index in [1.54, 1.807) is 5.38 Å². The van der Waals surface area contributed by atoms with E-state index in [9.17, 15) is 9.59 Å². The summed E-state index contributed by atoms with van der Waals surface area (Å²) in [5.41, 5.74) is 11.8. The van der Waals surface area contributed by atoms with Gasteiger partial charge in [-0.25, -0.2) is 4.98 Å². The average Bonchev–Trinajstić information content (AvgIpc) is 2.77. The number of amides is 2. The van der Waals surface area contributed by atoms with Crippen molar-refractivity contribution in [2.24, 2.45) is 5.73 Å². The predicted octanol–water partition coefficient (Wildman–Crippen LogP) is 1.66. The maximum atomic E-state index is 11.9. The summed E-state index contributed by atoms with van der Waals surface area (Å²) < 4.78 is 0. The van der Waals surface area contributed by atoms with Gasteiger partial charge in [0.1, 0.15) is 0 Å². The van der Waals surface area contributed by atoms with Crippen molar-refractivity contribution in [1.29, 1.82) is 0 Å². The summed E-state index contributed by atoms with van der Waals surface area (Å²) in [6.07, 6.45) is 0.0742. The maximum Gasteiger partial charge on any atom is 0.248 e. The Morgan fingerprint density at radius 2 is 2.15 bits per heavy atom. The van der Waals surface area contributed by atoms with Gasteiger partial charge in [0.05, 0.1) is 22.8 Å². The van der Waals surface area contributed by atoms with Crippen LogP contribution in [0.25, 0.3) is 0 Å². The molecule has 0 aliphatic heterocycles. The van der Waals surface area contributed by atoms with Gasteiger partial charge in [-0.15, -0.1) is 11.3 Å². The van der Waals surface area contributed by atoms with E-state index < -0.39 is 5.91 Å². The number of halogens is 1. The van der Waals surface area contributed by atoms with Gasteiger partial charge < -0.3 is 16.8 Å². The highest BCUT2D eigenvalue weighted by molar-refractivity contribution is 7.13. The molecular weight excluding hydrogens is 300 g/mol. The van der Waals surface area contributed by atoms with Gasteiger partial charge in [-0.3, -0.25) is 9.59 Å². The van der Waals surface area contributed by atoms with Crippen molar-refractivity contribution in [3.8, 4) is 0 Å². The largest absolute Gasteiger partial charge is 0.375 e. The minimum Gasteiger partial charge on any atom is -0.375 e. The van der Waals surface area contributed by atoms with E-state index in [1.807, 2.05) is 0 Å². The Balaban J connectivity index is 2.11. The quantitative estimate of drug-likeness (QED) is 0.797. The number of carbonyl (C=O) groups is 2. The van der Waals surface area contributed by atoms with E-state index in [2.05, 4.69) is 10.3 Å². The molecule has 0 radical (unpaired) electrons. The highest BCUT2D eigenvalue weighted by atomic mass is 35.5. The van der Waals surface area contributed by atoms with Gasteiger partial charge >= 0.3 is 0 Å². The summed E-state index contributed by atoms with van der Waals surface area (Å²) in [6, 6.07) is 4.41. The molecule has 0 bridgehead atoms. The number of nitrogen functional groups attached to an aromatic ring is 1. The maximum absolute atomic E-state index is 11.9. The number of primary amides is 1. The standard InChI is InChI=1S/C12H11ClN4O2S/c13-8-2-1-6(11(14)19)3-9(8)17-10(18)4-7-5-20-12(15)16-7/h1-3,5H,4H2,(H2,14,19)(H2,15,16)(H,17,18). The lowest BCUT2D eigenvalue weighted by Crippen LogP contribution is -2.16. The number of anilines is 2. The molecule has 0 saturated heterocycles. The summed E-state index contributed by atoms with van der Waals surface area (Å²) in [7, 11) is 0. The molecule has 0 saturated carbocycles. The second kappa shape index (κ2) is 5.89. The molecule has 20 heavy (non-hydrogen) atoms. The van der Waals surface area contributed by atoms with E-state index >= 15 is 0 Å². The predicted molar refractivity (Wildman–Crippen MR) is 78.8 cm³/mol. The van der Waals surface area contributed by atoms with Crippen molar-refractivity contribution in [3.05, 3.63) is 39.9 Å². The normalized spacial score (nSPS) is 10.2. The molecule has 0 aliphatic rings. The molecule has 0 aliphatic carbocycles. The van der Waals surface area contributed by atoms with Crippen molar-refractivity contribution < 1.29 is 9.59 Å². The van der Waals surface area contributed by atoms with Gasteiger partial charge in [0.2, 0.25) is 11.8 Å². The zero-order valence-corrected chi connectivity index (χ0v) is 11.8. The molecule has 2 aromatic rings. The Kier molecular flexibility index (Phi) is 4.21. The lowest BCUT2D eigenvalue weighted by atomic mass is 10.2. The Morgan fingerprint density at radius 3 is 2.75 bits per heavy atom. The van der Waals surface area contributed by atoms with Crippen LogP contribution in [-0.2, 0) is 11.2 Å². The molecule has 5 N–H and O–H groups in total. The average molecular weight is 311 g/mol. The van der Waals surface area contributed by atoms with Crippen LogP contribution in [-0.4, -0.2) is 16.8 Å². The fourth-order valence-corrected chi connectivity index (χ4v) is 2.26. The molecule has 0 spiro atoms. The molecule has 1 heterocycles. The minimum absolute atomic E-state index is 0.0742. The fourth-order valence-electron chi connectivity index (χ4n) is 1.54. The molecule has 6 nitrogen and oxygen atoms in total. The van der Waals surface area contributed by atoms with E-state index in [4.69, 9.17) is 23.1 Å². The van der Waals surface area contributed by atoms with Gasteiger partial charge in [-0.05, 0) is 18.2 Å². The number of aromatic nitrogens is 1. The first-order valence-corrected chi connectivity index (χ1v) is 6.80. The Bertz CT molecular complexity index is 671. The molecule has 2 amide bonds. The third-order valence-corrected chi connectivity index (χ3v) is 3.49. The molecule has 2 rings (SSSR count). The Hall–Kier alpha value is -2.12. The number of thiazole rings is 1. The number of hydrogen-bond donors (Lipinski definition) is 3. The number of hydrogen-bond acceptors (Lipinski definition) is 5. The first-order chi connectivity index (χ1) is 9.45. The molecule has 1 aromatic carbocycles. The molecule has 0 atom stereocenters. The SMILES string of the molecule is NC(=O)c1ccc(Cl)c(NC(=O)Cc2csc(N)n2)c1. The number of nitrogens with one attached hydrogen (secondary N) is 1. The smallest absolute Gasteiger partial charge is 0.248 e. The Labute approximate surface area is 123 Å². The van der Waals surface area contributed by atoms with Crippen LogP contribution in [0.15, 0.2) is 23.6 Å². The van der Waals surface area contributed by atoms with Gasteiger partial charge in [-0.2, -0.15) is 0 Å². The van der Waals surface area contributed by atoms with Crippen molar-refractivity contribution in [2.75, 3.05) is 11.1 Å². The molecule has 0 unspecified atom stereocenters. The number of nitrogens with two attached hydrogens (primary N) is 2. The van der Waals surface area contributed by atoms with Crippen molar-refractivity contribution in [3.63, 3.8) is 0 Å². The first-order valence-electron chi connectivity index (χ1n) is 5.55. The molecule has 1 aromatic heterocycles. The van der Waals surface area contributed by atoms with Crippen LogP contribution in [0.2, 0.25) is 5.02 Å². The number of benzene rings is 1. The molecular formula is C12H11ClN4O2S. The van der Waals surface area contributed by atoms with Crippen LogP contribution in [0.5, 0.6) is 0 Å². The lowest BCUT2D eigenvalue weighted by Gasteiger charge is -2.07. The summed E-state index contributed by atoms with van der Waals surface area (Å²) in [6.45, 7) is 0. The van der Waals surface area contributed by atoms with Gasteiger partial charge in [0, 0.05) is 10.9 Å². The van der Waals surface area contributed by atoms with Gasteiger partial charge in [0.25, 0.3) is 0 Å². The van der Waals surface area contributed by atoms with Crippen LogP contribution < -0.4 is 16.8 Å². The minimum atomic E-state index is -0.593. The van der Waals surface area contributed by atoms with E-state index in [0.29, 0.717) is 21.5 Å². The van der Waals surface area contributed by atoms with Crippen molar-refractivity contribution >= 4 is 45.6 Å². The van der Waals surface area contributed by atoms with Gasteiger partial charge in [-0.1, -0.05) is 11.6 Å². The van der Waals surface area contributed by atoms with E-state index in [-0.39, 0.29) is 17.9 Å². The molecule has 104 valence electrons. The van der Waals surface area contributed by atoms with Crippen LogP contribution in [0.1, 0.15) is 16.1 Å². The van der Waals surface area contributed by atoms with Crippen LogP contribution >= 0.6 is 22.9 Å². The second-order valence-electron chi connectivity index (χ2n) is 3.96. The summed E-state index contributed by atoms with van der Waals surface area (Å²) in [5.74, 6) is -0.900. The zero-order valence-electron chi connectivity index (χ0n) is 10.2. The summed E-state index contributed by atoms with van der Waals surface area (Å²) in [4.78, 5) is 26.9. The van der Waals surface area contributed by atoms with Crippen LogP contribution in [0.3, 0.4) is 0 Å². The highest BCUT2D eigenvalue weighted by Gasteiger charge is 2.11. The molecule has 0 fully saturated rings. The second-order valence-corrected chi connectivity index (χ2v) is 5.26. The fraction of sp³-hybridized carbons (Fsp3) is 0.0833. The van der Waals surface area contributed by atoms with E-state index in [0.717, 1.165) is 0 Å². The number of nitrogens with zero attached hydrogens (tertiary/aromatic N) is 1. The zero-order chi connectivity index (χ0) is 14.7. The van der Waals surface area contributed by atoms with Crippen LogP contribution in [0.4, 0.5) is 10.8 Å². The van der Waals surface area contributed by atoms with Crippen molar-refractivity contribution in [1.82, 2.24) is 4.98 Å². The number of carbonyl (C=O) groups excluding carboxylic acids is 2. The third kappa shape index (κ3) is 3.46. The summed E-state index contributed by atoms with van der Waals surface area (Å²) >= 11 is 7.21. The topological polar surface area (TPSA) is 111 Å². The van der Waals surface area contributed by atoms with Gasteiger partial charge in [0.15, 0.2) is 5.13 Å². The summed E-state index contributed by atoms with van der Waals surface area (Å²) in [5, 5.41) is 5.04. The number of rotatable bonds is 4. The third-order valence-electron chi connectivity index (χ3n) is 2.44. The van der Waals surface area contributed by atoms with Crippen molar-refractivity contribution in [2.45, 2.75) is 6.42 Å². The highest BCUT2D eigenvalue weighted by Crippen LogP contribution is 2.23. The monoisotopic (exact) mass is 310 g/mol. The first kappa shape index (κ1) is 14.3. The molecule has 8 heteroatoms. The van der Waals surface area contributed by atoms with E-state index in [1.165, 1.54) is 29.5 Å². The Morgan fingerprint density at radius 1 is 1.40 bits per heavy atom. The van der Waals surface area contributed by atoms with Crippen LogP contribution in [0, 0.1) is 0 Å². The lowest BCUT2D eigenvalue weighted by molar-refractivity contribution is -0.115.